The summed E-state index contributed by atoms with van der Waals surface area (Å²) in [6.45, 7) is 2.08. The fourth-order valence-corrected chi connectivity index (χ4v) is 1.26. The molecule has 0 bridgehead atoms. The van der Waals surface area contributed by atoms with E-state index in [0.717, 1.165) is 11.4 Å². The first-order chi connectivity index (χ1) is 6.84. The van der Waals surface area contributed by atoms with E-state index in [1.54, 1.807) is 0 Å². The van der Waals surface area contributed by atoms with Crippen LogP contribution in [0.2, 0.25) is 0 Å². The van der Waals surface area contributed by atoms with Crippen molar-refractivity contribution in [3.8, 4) is 0 Å². The third-order valence-corrected chi connectivity index (χ3v) is 2.04. The second-order valence-corrected chi connectivity index (χ2v) is 3.27. The quantitative estimate of drug-likeness (QED) is 0.749. The molecule has 0 atom stereocenters. The lowest BCUT2D eigenvalue weighted by Gasteiger charge is -2.05. The van der Waals surface area contributed by atoms with Gasteiger partial charge in [-0.1, -0.05) is 35.9 Å². The Kier molecular flexibility index (Phi) is 2.50. The summed E-state index contributed by atoms with van der Waals surface area (Å²) in [6.07, 6.45) is 0. The van der Waals surface area contributed by atoms with Gasteiger partial charge in [-0.25, -0.2) is 0 Å². The molecule has 1 heteroatoms. The van der Waals surface area contributed by atoms with E-state index >= 15 is 0 Å². The van der Waals surface area contributed by atoms with Crippen LogP contribution in [0.15, 0.2) is 48.5 Å². The Hall–Kier alpha value is -1.76. The first kappa shape index (κ1) is 8.82. The van der Waals surface area contributed by atoms with Gasteiger partial charge in [0, 0.05) is 17.4 Å². The summed E-state index contributed by atoms with van der Waals surface area (Å²) in [6, 6.07) is 19.3. The zero-order valence-electron chi connectivity index (χ0n) is 8.12. The molecular formula is C13H12N. The van der Waals surface area contributed by atoms with Crippen LogP contribution in [0.1, 0.15) is 5.56 Å². The van der Waals surface area contributed by atoms with E-state index in [1.807, 2.05) is 24.3 Å². The molecule has 0 aromatic heterocycles. The van der Waals surface area contributed by atoms with Crippen LogP contribution in [0, 0.1) is 13.0 Å². The van der Waals surface area contributed by atoms with Crippen molar-refractivity contribution in [1.29, 1.82) is 0 Å². The van der Waals surface area contributed by atoms with Crippen LogP contribution in [0.4, 0.5) is 11.4 Å². The molecule has 0 spiro atoms. The van der Waals surface area contributed by atoms with Crippen molar-refractivity contribution in [2.75, 3.05) is 5.32 Å². The molecule has 2 aromatic carbocycles. The van der Waals surface area contributed by atoms with E-state index in [9.17, 15) is 0 Å². The second-order valence-electron chi connectivity index (χ2n) is 3.27. The topological polar surface area (TPSA) is 12.0 Å². The Balaban J connectivity index is 2.16. The van der Waals surface area contributed by atoms with E-state index in [-0.39, 0.29) is 0 Å². The van der Waals surface area contributed by atoms with Gasteiger partial charge >= 0.3 is 0 Å². The van der Waals surface area contributed by atoms with E-state index in [4.69, 9.17) is 0 Å². The highest BCUT2D eigenvalue weighted by atomic mass is 14.9. The standard InChI is InChI=1S/C13H12N/c1-11-7-9-13(10-8-11)14-12-5-3-2-4-6-12/h2-5,7-10,14H,1H3. The fourth-order valence-electron chi connectivity index (χ4n) is 1.26. The first-order valence-corrected chi connectivity index (χ1v) is 4.65. The molecule has 0 saturated heterocycles. The van der Waals surface area contributed by atoms with Crippen LogP contribution in [-0.4, -0.2) is 0 Å². The van der Waals surface area contributed by atoms with Gasteiger partial charge in [-0.3, -0.25) is 0 Å². The zero-order valence-corrected chi connectivity index (χ0v) is 8.12. The summed E-state index contributed by atoms with van der Waals surface area (Å²) < 4.78 is 0. The van der Waals surface area contributed by atoms with Crippen LogP contribution in [0.5, 0.6) is 0 Å². The molecule has 0 amide bonds. The molecular weight excluding hydrogens is 170 g/mol. The highest BCUT2D eigenvalue weighted by Gasteiger charge is 1.92. The summed E-state index contributed by atoms with van der Waals surface area (Å²) in [5.41, 5.74) is 3.36. The summed E-state index contributed by atoms with van der Waals surface area (Å²) in [5, 5.41) is 3.28. The minimum Gasteiger partial charge on any atom is -0.355 e. The highest BCUT2D eigenvalue weighted by Crippen LogP contribution is 2.15. The molecule has 0 unspecified atom stereocenters. The van der Waals surface area contributed by atoms with Gasteiger partial charge < -0.3 is 5.32 Å². The van der Waals surface area contributed by atoms with Gasteiger partial charge in [-0.15, -0.1) is 0 Å². The van der Waals surface area contributed by atoms with Crippen molar-refractivity contribution in [1.82, 2.24) is 0 Å². The van der Waals surface area contributed by atoms with Crippen LogP contribution >= 0.6 is 0 Å². The lowest BCUT2D eigenvalue weighted by Crippen LogP contribution is -1.89. The molecule has 0 fully saturated rings. The lowest BCUT2D eigenvalue weighted by molar-refractivity contribution is 1.45. The maximum atomic E-state index is 3.28. The number of anilines is 2. The summed E-state index contributed by atoms with van der Waals surface area (Å²) in [5.74, 6) is 0. The largest absolute Gasteiger partial charge is 0.355 e. The second kappa shape index (κ2) is 3.97. The Bertz CT molecular complexity index is 389. The van der Waals surface area contributed by atoms with Gasteiger partial charge in [0.05, 0.1) is 0 Å². The number of para-hydroxylation sites is 1. The van der Waals surface area contributed by atoms with Crippen molar-refractivity contribution in [2.24, 2.45) is 0 Å². The van der Waals surface area contributed by atoms with Crippen molar-refractivity contribution < 1.29 is 0 Å². The average Bonchev–Trinajstić information content (AvgIpc) is 2.23. The zero-order chi connectivity index (χ0) is 9.80. The number of rotatable bonds is 2. The smallest absolute Gasteiger partial charge is 0.0464 e. The van der Waals surface area contributed by atoms with Crippen molar-refractivity contribution >= 4 is 11.4 Å². The molecule has 2 aromatic rings. The minimum absolute atomic E-state index is 0.997. The Labute approximate surface area is 84.4 Å². The third-order valence-electron chi connectivity index (χ3n) is 2.04. The molecule has 69 valence electrons. The lowest BCUT2D eigenvalue weighted by atomic mass is 10.2. The summed E-state index contributed by atoms with van der Waals surface area (Å²) in [7, 11) is 0. The van der Waals surface area contributed by atoms with Gasteiger partial charge in [0.25, 0.3) is 0 Å². The molecule has 1 radical (unpaired) electrons. The highest BCUT2D eigenvalue weighted by molar-refractivity contribution is 5.58. The van der Waals surface area contributed by atoms with Crippen molar-refractivity contribution in [2.45, 2.75) is 6.92 Å². The van der Waals surface area contributed by atoms with E-state index in [1.165, 1.54) is 5.56 Å². The first-order valence-electron chi connectivity index (χ1n) is 4.65. The number of benzene rings is 2. The number of hydrogen-bond acceptors (Lipinski definition) is 1. The Morgan fingerprint density at radius 1 is 1.00 bits per heavy atom. The molecule has 0 aliphatic rings. The Morgan fingerprint density at radius 3 is 2.43 bits per heavy atom. The number of nitrogens with one attached hydrogen (secondary N) is 1. The number of hydrogen-bond donors (Lipinski definition) is 1. The maximum absolute atomic E-state index is 3.28. The van der Waals surface area contributed by atoms with Gasteiger partial charge in [0.1, 0.15) is 0 Å². The van der Waals surface area contributed by atoms with Gasteiger partial charge in [0.15, 0.2) is 0 Å². The molecule has 1 nitrogen and oxygen atoms in total. The molecule has 2 rings (SSSR count). The van der Waals surface area contributed by atoms with Gasteiger partial charge in [-0.05, 0) is 25.1 Å². The maximum Gasteiger partial charge on any atom is 0.0464 e. The summed E-state index contributed by atoms with van der Waals surface area (Å²) >= 11 is 0. The molecule has 0 aliphatic carbocycles. The van der Waals surface area contributed by atoms with Crippen molar-refractivity contribution in [3.63, 3.8) is 0 Å². The molecule has 1 N–H and O–H groups in total. The van der Waals surface area contributed by atoms with Crippen LogP contribution < -0.4 is 5.32 Å². The average molecular weight is 182 g/mol. The number of aryl methyl sites for hydroxylation is 1. The van der Waals surface area contributed by atoms with E-state index < -0.39 is 0 Å². The minimum atomic E-state index is 0.997. The predicted octanol–water partition coefficient (Wildman–Crippen LogP) is 3.54. The molecule has 14 heavy (non-hydrogen) atoms. The predicted molar refractivity (Wildman–Crippen MR) is 59.7 cm³/mol. The third kappa shape index (κ3) is 2.13. The Morgan fingerprint density at radius 2 is 1.79 bits per heavy atom. The monoisotopic (exact) mass is 182 g/mol. The van der Waals surface area contributed by atoms with E-state index in [2.05, 4.69) is 42.6 Å². The molecule has 0 heterocycles. The molecule has 0 saturated carbocycles. The summed E-state index contributed by atoms with van der Waals surface area (Å²) in [4.78, 5) is 0. The van der Waals surface area contributed by atoms with Gasteiger partial charge in [0.2, 0.25) is 0 Å². The SMILES string of the molecule is Cc1ccc(Nc2[c]cccc2)cc1. The van der Waals surface area contributed by atoms with Crippen LogP contribution in [-0.2, 0) is 0 Å². The van der Waals surface area contributed by atoms with Crippen LogP contribution in [0.3, 0.4) is 0 Å². The van der Waals surface area contributed by atoms with E-state index in [0.29, 0.717) is 0 Å². The normalized spacial score (nSPS) is 9.79. The molecule has 0 aliphatic heterocycles. The van der Waals surface area contributed by atoms with Crippen LogP contribution in [0.25, 0.3) is 0 Å². The fraction of sp³-hybridized carbons (Fsp3) is 0.0769. The van der Waals surface area contributed by atoms with Gasteiger partial charge in [-0.2, -0.15) is 0 Å². The van der Waals surface area contributed by atoms with Crippen molar-refractivity contribution in [3.05, 3.63) is 60.2 Å².